The molecule has 2 nitrogen and oxygen atoms in total. The maximum atomic E-state index is 12.1. The minimum Gasteiger partial charge on any atom is -0.435 e. The van der Waals surface area contributed by atoms with Crippen LogP contribution < -0.4 is 4.74 Å². The van der Waals surface area contributed by atoms with Crippen LogP contribution >= 0.6 is 0 Å². The van der Waals surface area contributed by atoms with E-state index in [-0.39, 0.29) is 11.5 Å². The Balaban J connectivity index is 2.17. The molecule has 0 atom stereocenters. The van der Waals surface area contributed by atoms with Gasteiger partial charge in [0.2, 0.25) is 0 Å². The summed E-state index contributed by atoms with van der Waals surface area (Å²) in [6, 6.07) is 12.8. The molecular formula is C15H12F2O2. The second-order valence-corrected chi connectivity index (χ2v) is 4.10. The van der Waals surface area contributed by atoms with Gasteiger partial charge in [0.1, 0.15) is 5.75 Å². The van der Waals surface area contributed by atoms with Crippen molar-refractivity contribution in [1.82, 2.24) is 0 Å². The molecule has 0 N–H and O–H groups in total. The highest BCUT2D eigenvalue weighted by Gasteiger charge is 2.10. The van der Waals surface area contributed by atoms with Gasteiger partial charge in [-0.05, 0) is 31.2 Å². The Hall–Kier alpha value is -2.23. The number of hydrogen-bond acceptors (Lipinski definition) is 2. The average molecular weight is 262 g/mol. The smallest absolute Gasteiger partial charge is 0.387 e. The molecule has 0 aliphatic carbocycles. The molecule has 2 aromatic carbocycles. The predicted molar refractivity (Wildman–Crippen MR) is 67.7 cm³/mol. The summed E-state index contributed by atoms with van der Waals surface area (Å²) < 4.78 is 28.2. The summed E-state index contributed by atoms with van der Waals surface area (Å²) in [5.74, 6) is -0.112. The Morgan fingerprint density at radius 2 is 1.42 bits per heavy atom. The molecule has 2 rings (SSSR count). The molecule has 2 aromatic rings. The van der Waals surface area contributed by atoms with Gasteiger partial charge in [0.05, 0.1) is 0 Å². The van der Waals surface area contributed by atoms with Crippen LogP contribution in [0.1, 0.15) is 21.5 Å². The van der Waals surface area contributed by atoms with E-state index in [1.165, 1.54) is 24.3 Å². The van der Waals surface area contributed by atoms with Crippen molar-refractivity contribution in [1.29, 1.82) is 0 Å². The van der Waals surface area contributed by atoms with Crippen molar-refractivity contribution in [3.05, 3.63) is 65.2 Å². The summed E-state index contributed by atoms with van der Waals surface area (Å²) >= 11 is 0. The lowest BCUT2D eigenvalue weighted by Crippen LogP contribution is -2.04. The van der Waals surface area contributed by atoms with Crippen LogP contribution in [0.3, 0.4) is 0 Å². The first kappa shape index (κ1) is 13.2. The van der Waals surface area contributed by atoms with Gasteiger partial charge >= 0.3 is 6.61 Å². The quantitative estimate of drug-likeness (QED) is 0.783. The highest BCUT2D eigenvalue weighted by molar-refractivity contribution is 6.09. The number of alkyl halides is 2. The molecule has 98 valence electrons. The fourth-order valence-corrected chi connectivity index (χ4v) is 1.66. The Bertz CT molecular complexity index is 560. The van der Waals surface area contributed by atoms with Crippen LogP contribution in [0, 0.1) is 6.92 Å². The van der Waals surface area contributed by atoms with Crippen molar-refractivity contribution in [2.45, 2.75) is 13.5 Å². The lowest BCUT2D eigenvalue weighted by molar-refractivity contribution is -0.0498. The number of benzene rings is 2. The summed E-state index contributed by atoms with van der Waals surface area (Å²) in [7, 11) is 0. The molecule has 0 radical (unpaired) electrons. The third-order valence-corrected chi connectivity index (χ3v) is 2.66. The first-order valence-corrected chi connectivity index (χ1v) is 5.72. The van der Waals surface area contributed by atoms with Gasteiger partial charge in [0, 0.05) is 11.1 Å². The number of ketones is 1. The summed E-state index contributed by atoms with van der Waals surface area (Å²) in [5.41, 5.74) is 2.07. The molecule has 0 heterocycles. The molecule has 19 heavy (non-hydrogen) atoms. The van der Waals surface area contributed by atoms with Crippen molar-refractivity contribution in [3.63, 3.8) is 0 Å². The van der Waals surface area contributed by atoms with Gasteiger partial charge in [-0.1, -0.05) is 29.8 Å². The number of rotatable bonds is 4. The number of aryl methyl sites for hydroxylation is 1. The summed E-state index contributed by atoms with van der Waals surface area (Å²) in [4.78, 5) is 12.1. The maximum absolute atomic E-state index is 12.1. The van der Waals surface area contributed by atoms with Gasteiger partial charge in [-0.2, -0.15) is 8.78 Å². The van der Waals surface area contributed by atoms with Crippen LogP contribution in [0.5, 0.6) is 5.75 Å². The van der Waals surface area contributed by atoms with Crippen LogP contribution in [0.4, 0.5) is 8.78 Å². The average Bonchev–Trinajstić information content (AvgIpc) is 2.39. The lowest BCUT2D eigenvalue weighted by atomic mass is 10.0. The minimum atomic E-state index is -2.86. The number of halogens is 2. The molecule has 0 aliphatic heterocycles. The SMILES string of the molecule is Cc1ccc(C(=O)c2ccc(OC(F)F)cc2)cc1. The molecule has 0 amide bonds. The highest BCUT2D eigenvalue weighted by atomic mass is 19.3. The second-order valence-electron chi connectivity index (χ2n) is 4.10. The normalized spacial score (nSPS) is 10.5. The van der Waals surface area contributed by atoms with Crippen molar-refractivity contribution in [2.24, 2.45) is 0 Å². The van der Waals surface area contributed by atoms with Crippen LogP contribution in [0.15, 0.2) is 48.5 Å². The van der Waals surface area contributed by atoms with Crippen LogP contribution in [-0.2, 0) is 0 Å². The zero-order chi connectivity index (χ0) is 13.8. The Morgan fingerprint density at radius 3 is 1.89 bits per heavy atom. The zero-order valence-corrected chi connectivity index (χ0v) is 10.3. The maximum Gasteiger partial charge on any atom is 0.387 e. The minimum absolute atomic E-state index is 0.0375. The summed E-state index contributed by atoms with van der Waals surface area (Å²) in [6.07, 6.45) is 0. The number of carbonyl (C=O) groups is 1. The number of hydrogen-bond donors (Lipinski definition) is 0. The zero-order valence-electron chi connectivity index (χ0n) is 10.3. The molecule has 0 aromatic heterocycles. The Labute approximate surface area is 109 Å². The molecule has 0 bridgehead atoms. The van der Waals surface area contributed by atoms with Crippen LogP contribution in [0.25, 0.3) is 0 Å². The van der Waals surface area contributed by atoms with E-state index in [2.05, 4.69) is 4.74 Å². The van der Waals surface area contributed by atoms with Crippen molar-refractivity contribution < 1.29 is 18.3 Å². The molecule has 0 saturated heterocycles. The van der Waals surface area contributed by atoms with Crippen LogP contribution in [0.2, 0.25) is 0 Å². The molecule has 4 heteroatoms. The summed E-state index contributed by atoms with van der Waals surface area (Å²) in [6.45, 7) is -0.927. The first-order valence-electron chi connectivity index (χ1n) is 5.72. The fourth-order valence-electron chi connectivity index (χ4n) is 1.66. The van der Waals surface area contributed by atoms with Crippen LogP contribution in [-0.4, -0.2) is 12.4 Å². The van der Waals surface area contributed by atoms with E-state index in [0.29, 0.717) is 11.1 Å². The van der Waals surface area contributed by atoms with E-state index in [9.17, 15) is 13.6 Å². The van der Waals surface area contributed by atoms with E-state index < -0.39 is 6.61 Å². The molecule has 0 aliphatic rings. The molecule has 0 unspecified atom stereocenters. The first-order chi connectivity index (χ1) is 9.06. The van der Waals surface area contributed by atoms with E-state index in [0.717, 1.165) is 5.56 Å². The van der Waals surface area contributed by atoms with E-state index in [1.807, 2.05) is 19.1 Å². The molecule has 0 spiro atoms. The predicted octanol–water partition coefficient (Wildman–Crippen LogP) is 3.83. The topological polar surface area (TPSA) is 26.3 Å². The molecule has 0 saturated carbocycles. The van der Waals surface area contributed by atoms with E-state index in [4.69, 9.17) is 0 Å². The van der Waals surface area contributed by atoms with Gasteiger partial charge in [-0.25, -0.2) is 0 Å². The van der Waals surface area contributed by atoms with Gasteiger partial charge in [-0.3, -0.25) is 4.79 Å². The highest BCUT2D eigenvalue weighted by Crippen LogP contribution is 2.17. The van der Waals surface area contributed by atoms with Gasteiger partial charge in [-0.15, -0.1) is 0 Å². The van der Waals surface area contributed by atoms with Gasteiger partial charge in [0.25, 0.3) is 0 Å². The summed E-state index contributed by atoms with van der Waals surface area (Å²) in [5, 5.41) is 0. The monoisotopic (exact) mass is 262 g/mol. The Morgan fingerprint density at radius 1 is 0.947 bits per heavy atom. The van der Waals surface area contributed by atoms with E-state index in [1.54, 1.807) is 12.1 Å². The fraction of sp³-hybridized carbons (Fsp3) is 0.133. The lowest BCUT2D eigenvalue weighted by Gasteiger charge is -2.05. The molecule has 0 fully saturated rings. The van der Waals surface area contributed by atoms with Crippen molar-refractivity contribution in [3.8, 4) is 5.75 Å². The second kappa shape index (κ2) is 5.61. The molecular weight excluding hydrogens is 250 g/mol. The van der Waals surface area contributed by atoms with Crippen molar-refractivity contribution in [2.75, 3.05) is 0 Å². The number of ether oxygens (including phenoxy) is 1. The van der Waals surface area contributed by atoms with Gasteiger partial charge in [0.15, 0.2) is 5.78 Å². The Kier molecular flexibility index (Phi) is 3.90. The van der Waals surface area contributed by atoms with Gasteiger partial charge < -0.3 is 4.74 Å². The van der Waals surface area contributed by atoms with Crippen molar-refractivity contribution >= 4 is 5.78 Å². The third kappa shape index (κ3) is 3.37. The number of carbonyl (C=O) groups excluding carboxylic acids is 1. The largest absolute Gasteiger partial charge is 0.435 e. The van der Waals surface area contributed by atoms with E-state index >= 15 is 0 Å². The third-order valence-electron chi connectivity index (χ3n) is 2.66. The standard InChI is InChI=1S/C15H12F2O2/c1-10-2-4-11(5-3-10)14(18)12-6-8-13(9-7-12)19-15(16)17/h2-9,15H,1H3.